The summed E-state index contributed by atoms with van der Waals surface area (Å²) in [5.74, 6) is -2.94. The zero-order valence-electron chi connectivity index (χ0n) is 22.6. The maximum absolute atomic E-state index is 13.1. The van der Waals surface area contributed by atoms with Gasteiger partial charge in [-0.25, -0.2) is 4.79 Å². The Balaban J connectivity index is 0.00000165. The van der Waals surface area contributed by atoms with Crippen molar-refractivity contribution < 1.29 is 19.1 Å². The maximum atomic E-state index is 13.1. The van der Waals surface area contributed by atoms with E-state index < -0.39 is 17.4 Å². The summed E-state index contributed by atoms with van der Waals surface area (Å²) in [6.07, 6.45) is 1.71. The number of aromatic nitrogens is 1. The number of hydrogen-bond donors (Lipinski definition) is 2. The molecule has 0 aliphatic rings. The highest BCUT2D eigenvalue weighted by Crippen LogP contribution is 2.36. The van der Waals surface area contributed by atoms with Crippen LogP contribution in [0.2, 0.25) is 0 Å². The van der Waals surface area contributed by atoms with Crippen LogP contribution in [0.15, 0.2) is 119 Å². The molecule has 2 heterocycles. The fourth-order valence-electron chi connectivity index (χ4n) is 4.77. The second-order valence-corrected chi connectivity index (χ2v) is 9.18. The van der Waals surface area contributed by atoms with Gasteiger partial charge in [0.2, 0.25) is 0 Å². The minimum absolute atomic E-state index is 0.105. The largest absolute Gasteiger partial charge is 0.474 e. The van der Waals surface area contributed by atoms with E-state index in [0.717, 1.165) is 44.2 Å². The van der Waals surface area contributed by atoms with Gasteiger partial charge in [-0.05, 0) is 28.8 Å². The molecule has 2 N–H and O–H groups in total. The standard InChI is InChI=1S/C32H22N2O5.C2H6/c35-30(32(37)38)33-27-17-23(19-34(31(27)36)18-20-7-2-1-3-8-20)21-13-15-22(16-14-21)24-10-6-11-26-25-9-4-5-12-28(25)39-29(24)26;1-2/h1-17,19H,18H2,(H,33,35)(H,37,38);1-2H3. The molecule has 1 amide bonds. The zero-order valence-corrected chi connectivity index (χ0v) is 22.6. The highest BCUT2D eigenvalue weighted by molar-refractivity contribution is 6.36. The van der Waals surface area contributed by atoms with Gasteiger partial charge in [0.1, 0.15) is 16.9 Å². The van der Waals surface area contributed by atoms with E-state index in [-0.39, 0.29) is 12.2 Å². The van der Waals surface area contributed by atoms with Crippen LogP contribution in [-0.2, 0) is 16.1 Å². The topological polar surface area (TPSA) is 102 Å². The predicted octanol–water partition coefficient (Wildman–Crippen LogP) is 7.18. The Kier molecular flexibility index (Phi) is 7.78. The zero-order chi connectivity index (χ0) is 28.9. The molecule has 204 valence electrons. The number of amides is 1. The van der Waals surface area contributed by atoms with Crippen LogP contribution in [-0.4, -0.2) is 21.6 Å². The van der Waals surface area contributed by atoms with Crippen LogP contribution in [0, 0.1) is 0 Å². The number of carboxylic acid groups (broad SMARTS) is 1. The van der Waals surface area contributed by atoms with Gasteiger partial charge >= 0.3 is 11.9 Å². The molecule has 0 aliphatic heterocycles. The fourth-order valence-corrected chi connectivity index (χ4v) is 4.77. The first-order chi connectivity index (χ1) is 20.0. The van der Waals surface area contributed by atoms with E-state index in [0.29, 0.717) is 5.56 Å². The molecule has 7 nitrogen and oxygen atoms in total. The first-order valence-corrected chi connectivity index (χ1v) is 13.3. The number of aliphatic carboxylic acids is 1. The third kappa shape index (κ3) is 5.51. The normalized spacial score (nSPS) is 10.7. The molecule has 0 fully saturated rings. The van der Waals surface area contributed by atoms with E-state index in [2.05, 4.69) is 5.32 Å². The number of carboxylic acids is 1. The number of pyridine rings is 1. The molecular weight excluding hydrogens is 516 g/mol. The summed E-state index contributed by atoms with van der Waals surface area (Å²) in [7, 11) is 0. The van der Waals surface area contributed by atoms with Crippen LogP contribution in [0.4, 0.5) is 5.69 Å². The van der Waals surface area contributed by atoms with Crippen molar-refractivity contribution in [3.05, 3.63) is 125 Å². The number of rotatable bonds is 5. The molecule has 41 heavy (non-hydrogen) atoms. The summed E-state index contributed by atoms with van der Waals surface area (Å²) in [5, 5.41) is 13.4. The first kappa shape index (κ1) is 27.1. The number of fused-ring (bicyclic) bond motifs is 3. The lowest BCUT2D eigenvalue weighted by Gasteiger charge is -2.13. The molecule has 0 unspecified atom stereocenters. The number of nitrogens with one attached hydrogen (secondary N) is 1. The third-order valence-corrected chi connectivity index (χ3v) is 6.66. The molecule has 0 radical (unpaired) electrons. The quantitative estimate of drug-likeness (QED) is 0.224. The minimum Gasteiger partial charge on any atom is -0.474 e. The second kappa shape index (κ2) is 11.8. The number of nitrogens with zero attached hydrogens (tertiary/aromatic N) is 1. The number of carbonyl (C=O) groups excluding carboxylic acids is 1. The van der Waals surface area contributed by atoms with Crippen molar-refractivity contribution in [2.45, 2.75) is 20.4 Å². The van der Waals surface area contributed by atoms with Crippen molar-refractivity contribution in [1.29, 1.82) is 0 Å². The highest BCUT2D eigenvalue weighted by atomic mass is 16.4. The molecule has 0 saturated carbocycles. The van der Waals surface area contributed by atoms with Crippen LogP contribution in [0.5, 0.6) is 0 Å². The Bertz CT molecular complexity index is 1920. The van der Waals surface area contributed by atoms with Crippen molar-refractivity contribution >= 4 is 39.5 Å². The highest BCUT2D eigenvalue weighted by Gasteiger charge is 2.17. The average molecular weight is 545 g/mol. The van der Waals surface area contributed by atoms with Crippen LogP contribution in [0.1, 0.15) is 19.4 Å². The predicted molar refractivity (Wildman–Crippen MR) is 162 cm³/mol. The number of hydrogen-bond acceptors (Lipinski definition) is 4. The van der Waals surface area contributed by atoms with Crippen molar-refractivity contribution in [3.63, 3.8) is 0 Å². The molecule has 0 bridgehead atoms. The fraction of sp³-hybridized carbons (Fsp3) is 0.0882. The Morgan fingerprint density at radius 3 is 2.17 bits per heavy atom. The van der Waals surface area contributed by atoms with Crippen LogP contribution in [0.3, 0.4) is 0 Å². The van der Waals surface area contributed by atoms with Gasteiger partial charge in [0.15, 0.2) is 0 Å². The van der Waals surface area contributed by atoms with E-state index in [4.69, 9.17) is 9.52 Å². The van der Waals surface area contributed by atoms with Crippen LogP contribution >= 0.6 is 0 Å². The molecular formula is C34H28N2O5. The van der Waals surface area contributed by atoms with Crippen LogP contribution in [0.25, 0.3) is 44.2 Å². The summed E-state index contributed by atoms with van der Waals surface area (Å²) >= 11 is 0. The molecule has 4 aromatic carbocycles. The average Bonchev–Trinajstić information content (AvgIpc) is 3.39. The van der Waals surface area contributed by atoms with Gasteiger partial charge in [0.25, 0.3) is 5.56 Å². The lowest BCUT2D eigenvalue weighted by Crippen LogP contribution is -2.29. The van der Waals surface area contributed by atoms with Gasteiger partial charge in [0, 0.05) is 28.1 Å². The second-order valence-electron chi connectivity index (χ2n) is 9.18. The molecule has 6 rings (SSSR count). The molecule has 0 spiro atoms. The molecule has 0 saturated heterocycles. The van der Waals surface area contributed by atoms with E-state index in [1.54, 1.807) is 6.20 Å². The number of anilines is 1. The Labute approximate surface area is 236 Å². The lowest BCUT2D eigenvalue weighted by atomic mass is 9.99. The van der Waals surface area contributed by atoms with Gasteiger partial charge in [-0.2, -0.15) is 0 Å². The summed E-state index contributed by atoms with van der Waals surface area (Å²) in [6, 6.07) is 32.7. The SMILES string of the molecule is CC.O=C(O)C(=O)Nc1cc(-c2ccc(-c3cccc4c3oc3ccccc34)cc2)cn(Cc2ccccc2)c1=O. The number of para-hydroxylation sites is 2. The number of carbonyl (C=O) groups is 2. The summed E-state index contributed by atoms with van der Waals surface area (Å²) < 4.78 is 7.65. The van der Waals surface area contributed by atoms with E-state index in [1.807, 2.05) is 111 Å². The molecule has 2 aromatic heterocycles. The lowest BCUT2D eigenvalue weighted by molar-refractivity contribution is -0.147. The van der Waals surface area contributed by atoms with Gasteiger partial charge in [0.05, 0.1) is 6.54 Å². The number of furan rings is 1. The summed E-state index contributed by atoms with van der Waals surface area (Å²) in [6.45, 7) is 4.26. The maximum Gasteiger partial charge on any atom is 0.394 e. The van der Waals surface area contributed by atoms with Crippen molar-refractivity contribution in [2.24, 2.45) is 0 Å². The van der Waals surface area contributed by atoms with Gasteiger partial charge < -0.3 is 19.4 Å². The van der Waals surface area contributed by atoms with E-state index in [9.17, 15) is 14.4 Å². The van der Waals surface area contributed by atoms with Crippen molar-refractivity contribution in [3.8, 4) is 22.3 Å². The molecule has 6 aromatic rings. The van der Waals surface area contributed by atoms with Gasteiger partial charge in [-0.3, -0.25) is 9.59 Å². The van der Waals surface area contributed by atoms with Gasteiger partial charge in [-0.1, -0.05) is 105 Å². The smallest absolute Gasteiger partial charge is 0.394 e. The molecule has 0 aliphatic carbocycles. The monoisotopic (exact) mass is 544 g/mol. The Morgan fingerprint density at radius 1 is 0.780 bits per heavy atom. The summed E-state index contributed by atoms with van der Waals surface area (Å²) in [5.41, 5.74) is 5.29. The Morgan fingerprint density at radius 2 is 1.44 bits per heavy atom. The number of benzene rings is 4. The molecule has 0 atom stereocenters. The van der Waals surface area contributed by atoms with E-state index in [1.165, 1.54) is 10.6 Å². The molecule has 7 heteroatoms. The minimum atomic E-state index is -1.67. The van der Waals surface area contributed by atoms with Crippen molar-refractivity contribution in [1.82, 2.24) is 4.57 Å². The van der Waals surface area contributed by atoms with Gasteiger partial charge in [-0.15, -0.1) is 0 Å². The third-order valence-electron chi connectivity index (χ3n) is 6.66. The van der Waals surface area contributed by atoms with E-state index >= 15 is 0 Å². The Hall–Kier alpha value is -5.43. The summed E-state index contributed by atoms with van der Waals surface area (Å²) in [4.78, 5) is 36.1. The first-order valence-electron chi connectivity index (χ1n) is 13.3. The van der Waals surface area contributed by atoms with Crippen LogP contribution < -0.4 is 10.9 Å². The van der Waals surface area contributed by atoms with Crippen molar-refractivity contribution in [2.75, 3.05) is 5.32 Å².